The molecule has 0 aromatic heterocycles. The Morgan fingerprint density at radius 2 is 2.13 bits per heavy atom. The molecule has 2 heterocycles. The molecule has 0 aromatic rings. The highest BCUT2D eigenvalue weighted by Crippen LogP contribution is 2.32. The van der Waals surface area contributed by atoms with Gasteiger partial charge in [-0.2, -0.15) is 0 Å². The Balaban J connectivity index is 1.96. The van der Waals surface area contributed by atoms with Gasteiger partial charge in [-0.3, -0.25) is 4.57 Å². The third-order valence-electron chi connectivity index (χ3n) is 2.38. The summed E-state index contributed by atoms with van der Waals surface area (Å²) in [6, 6.07) is -0.295. The van der Waals surface area contributed by atoms with Crippen LogP contribution in [-0.4, -0.2) is 49.8 Å². The molecule has 0 bridgehead atoms. The van der Waals surface area contributed by atoms with E-state index in [1.807, 2.05) is 0 Å². The average Bonchev–Trinajstić information content (AvgIpc) is 2.64. The van der Waals surface area contributed by atoms with Crippen molar-refractivity contribution in [3.8, 4) is 0 Å². The summed E-state index contributed by atoms with van der Waals surface area (Å²) in [5.74, 6) is 0. The van der Waals surface area contributed by atoms with E-state index >= 15 is 0 Å². The minimum atomic E-state index is -2.99. The Labute approximate surface area is 87.0 Å². The number of ether oxygens (including phenoxy) is 3. The Morgan fingerprint density at radius 1 is 1.47 bits per heavy atom. The summed E-state index contributed by atoms with van der Waals surface area (Å²) >= 11 is 0. The molecule has 2 saturated heterocycles. The van der Waals surface area contributed by atoms with Gasteiger partial charge in [0.1, 0.15) is 14.0 Å². The second-order valence-electron chi connectivity index (χ2n) is 3.37. The molecule has 0 radical (unpaired) electrons. The first-order valence-corrected chi connectivity index (χ1v) is 5.73. The zero-order valence-corrected chi connectivity index (χ0v) is 8.91. The molecule has 7 nitrogen and oxygen atoms in total. The molecule has 1 N–H and O–H groups in total. The van der Waals surface area contributed by atoms with E-state index in [-0.39, 0.29) is 12.6 Å². The lowest BCUT2D eigenvalue weighted by Crippen LogP contribution is -2.31. The van der Waals surface area contributed by atoms with E-state index in [0.29, 0.717) is 0 Å². The summed E-state index contributed by atoms with van der Waals surface area (Å²) in [6.07, 6.45) is -2.28. The molecule has 9 heteroatoms. The van der Waals surface area contributed by atoms with Gasteiger partial charge in [0.15, 0.2) is 12.2 Å². The van der Waals surface area contributed by atoms with Crippen LogP contribution in [0.5, 0.6) is 0 Å². The second kappa shape index (κ2) is 4.13. The molecule has 84 valence electrons. The minimum Gasteiger partial charge on any atom is -0.425 e. The number of rotatable bonds is 3. The van der Waals surface area contributed by atoms with Crippen molar-refractivity contribution in [1.29, 1.82) is 0 Å². The highest BCUT2D eigenvalue weighted by Gasteiger charge is 2.52. The van der Waals surface area contributed by atoms with Gasteiger partial charge in [-0.15, -0.1) is 0 Å². The van der Waals surface area contributed by atoms with Crippen LogP contribution in [0.1, 0.15) is 0 Å². The Morgan fingerprint density at radius 3 is 2.80 bits per heavy atom. The Hall–Kier alpha value is -0.555. The van der Waals surface area contributed by atoms with E-state index in [2.05, 4.69) is 4.52 Å². The molecular formula is C6H10BO7P. The lowest BCUT2D eigenvalue weighted by Gasteiger charge is -2.13. The zero-order valence-electron chi connectivity index (χ0n) is 7.91. The van der Waals surface area contributed by atoms with Crippen molar-refractivity contribution in [3.63, 3.8) is 0 Å². The van der Waals surface area contributed by atoms with Gasteiger partial charge in [-0.05, 0) is 0 Å². The van der Waals surface area contributed by atoms with Gasteiger partial charge in [-0.25, -0.2) is 4.79 Å². The Bertz CT molecular complexity index is 297. The predicted octanol–water partition coefficient (Wildman–Crippen LogP) is -1.35. The average molecular weight is 236 g/mol. The summed E-state index contributed by atoms with van der Waals surface area (Å²) in [5, 5.41) is 0. The number of hydrogen-bond acceptors (Lipinski definition) is 6. The van der Waals surface area contributed by atoms with Crippen LogP contribution in [0.15, 0.2) is 0 Å². The molecule has 2 fully saturated rings. The summed E-state index contributed by atoms with van der Waals surface area (Å²) < 4.78 is 30.0. The van der Waals surface area contributed by atoms with E-state index in [9.17, 15) is 9.36 Å². The molecule has 5 unspecified atom stereocenters. The van der Waals surface area contributed by atoms with Gasteiger partial charge in [-0.1, -0.05) is 0 Å². The molecule has 0 aliphatic carbocycles. The van der Waals surface area contributed by atoms with Gasteiger partial charge in [0.25, 0.3) is 0 Å². The van der Waals surface area contributed by atoms with E-state index in [4.69, 9.17) is 19.1 Å². The van der Waals surface area contributed by atoms with Crippen LogP contribution in [0.3, 0.4) is 0 Å². The van der Waals surface area contributed by atoms with E-state index in [1.165, 1.54) is 0 Å². The second-order valence-corrected chi connectivity index (χ2v) is 4.19. The quantitative estimate of drug-likeness (QED) is 0.367. The van der Waals surface area contributed by atoms with Crippen LogP contribution in [0, 0.1) is 0 Å². The van der Waals surface area contributed by atoms with Crippen LogP contribution < -0.4 is 0 Å². The number of carbonyl (C=O) groups is 1. The SMILES string of the molecule is BC1OC(CO[PH](=O)O)C2OC(=O)OC12. The van der Waals surface area contributed by atoms with Crippen molar-refractivity contribution in [3.05, 3.63) is 0 Å². The third-order valence-corrected chi connectivity index (χ3v) is 2.79. The number of carbonyl (C=O) groups excluding carboxylic acids is 1. The normalized spacial score (nSPS) is 40.7. The van der Waals surface area contributed by atoms with Crippen molar-refractivity contribution in [1.82, 2.24) is 0 Å². The fraction of sp³-hybridized carbons (Fsp3) is 0.833. The number of fused-ring (bicyclic) bond motifs is 1. The fourth-order valence-corrected chi connectivity index (χ4v) is 2.06. The van der Waals surface area contributed by atoms with Crippen LogP contribution >= 0.6 is 8.25 Å². The molecule has 2 aliphatic heterocycles. The first kappa shape index (κ1) is 10.9. The maximum Gasteiger partial charge on any atom is 0.509 e. The first-order valence-electron chi connectivity index (χ1n) is 4.46. The lowest BCUT2D eigenvalue weighted by molar-refractivity contribution is -0.0143. The van der Waals surface area contributed by atoms with Gasteiger partial charge in [0.05, 0.1) is 12.6 Å². The van der Waals surface area contributed by atoms with Crippen molar-refractivity contribution in [2.45, 2.75) is 24.3 Å². The van der Waals surface area contributed by atoms with E-state index in [0.717, 1.165) is 0 Å². The highest BCUT2D eigenvalue weighted by molar-refractivity contribution is 7.32. The third kappa shape index (κ3) is 2.18. The van der Waals surface area contributed by atoms with Crippen molar-refractivity contribution < 1.29 is 33.0 Å². The number of hydrogen-bond donors (Lipinski definition) is 1. The zero-order chi connectivity index (χ0) is 11.0. The van der Waals surface area contributed by atoms with Gasteiger partial charge in [0.2, 0.25) is 0 Å². The Kier molecular flexibility index (Phi) is 3.02. The molecule has 2 aliphatic rings. The molecule has 5 atom stereocenters. The standard InChI is InChI=1S/C6H10BO7P/c7-5-4-3(13-6(8)14-4)2(12-5)1-11-15(9)10/h2-5,15H,1,7H2,(H,9,10). The van der Waals surface area contributed by atoms with Gasteiger partial charge >= 0.3 is 14.4 Å². The molecule has 0 spiro atoms. The molecule has 15 heavy (non-hydrogen) atoms. The summed E-state index contributed by atoms with van der Waals surface area (Å²) in [5.41, 5.74) is 0. The molecule has 2 rings (SSSR count). The maximum atomic E-state index is 10.8. The van der Waals surface area contributed by atoms with Crippen LogP contribution in [-0.2, 0) is 23.3 Å². The van der Waals surface area contributed by atoms with Crippen molar-refractivity contribution in [2.24, 2.45) is 0 Å². The highest BCUT2D eigenvalue weighted by atomic mass is 31.1. The van der Waals surface area contributed by atoms with E-state index < -0.39 is 32.7 Å². The maximum absolute atomic E-state index is 10.8. The van der Waals surface area contributed by atoms with Crippen LogP contribution in [0.2, 0.25) is 0 Å². The van der Waals surface area contributed by atoms with Gasteiger partial charge < -0.3 is 23.6 Å². The van der Waals surface area contributed by atoms with Crippen LogP contribution in [0.25, 0.3) is 0 Å². The van der Waals surface area contributed by atoms with Gasteiger partial charge in [0, 0.05) is 0 Å². The van der Waals surface area contributed by atoms with E-state index in [1.54, 1.807) is 7.85 Å². The fourth-order valence-electron chi connectivity index (χ4n) is 1.75. The molecular weight excluding hydrogens is 226 g/mol. The smallest absolute Gasteiger partial charge is 0.425 e. The first-order chi connectivity index (χ1) is 7.08. The monoisotopic (exact) mass is 236 g/mol. The summed E-state index contributed by atoms with van der Waals surface area (Å²) in [4.78, 5) is 19.3. The summed E-state index contributed by atoms with van der Waals surface area (Å²) in [6.45, 7) is -0.0869. The topological polar surface area (TPSA) is 91.3 Å². The molecule has 0 amide bonds. The van der Waals surface area contributed by atoms with Crippen molar-refractivity contribution >= 4 is 22.3 Å². The minimum absolute atomic E-state index is 0.0869. The summed E-state index contributed by atoms with van der Waals surface area (Å²) in [7, 11) is -1.25. The lowest BCUT2D eigenvalue weighted by atomic mass is 9.93. The largest absolute Gasteiger partial charge is 0.509 e. The molecule has 0 aromatic carbocycles. The molecule has 0 saturated carbocycles. The van der Waals surface area contributed by atoms with Crippen LogP contribution in [0.4, 0.5) is 4.79 Å². The van der Waals surface area contributed by atoms with Crippen molar-refractivity contribution in [2.75, 3.05) is 6.61 Å². The predicted molar refractivity (Wildman–Crippen MR) is 49.5 cm³/mol.